The van der Waals surface area contributed by atoms with Gasteiger partial charge < -0.3 is 5.32 Å². The fraction of sp³-hybridized carbons (Fsp3) is 0.357. The van der Waals surface area contributed by atoms with E-state index in [4.69, 9.17) is 0 Å². The first kappa shape index (κ1) is 13.3. The second-order valence-electron chi connectivity index (χ2n) is 4.74. The van der Waals surface area contributed by atoms with Crippen molar-refractivity contribution in [1.29, 1.82) is 0 Å². The molecule has 0 bridgehead atoms. The second kappa shape index (κ2) is 5.67. The number of hydrogen-bond donors (Lipinski definition) is 1. The Morgan fingerprint density at radius 2 is 2.11 bits per heavy atom. The van der Waals surface area contributed by atoms with Crippen LogP contribution in [0.4, 0.5) is 0 Å². The number of hydrogen-bond acceptors (Lipinski definition) is 2. The van der Waals surface area contributed by atoms with Crippen molar-refractivity contribution in [2.45, 2.75) is 33.4 Å². The van der Waals surface area contributed by atoms with Crippen molar-refractivity contribution in [3.8, 4) is 5.69 Å². The summed E-state index contributed by atoms with van der Waals surface area (Å²) < 4.78 is 2.97. The summed E-state index contributed by atoms with van der Waals surface area (Å²) in [6, 6.07) is 8.78. The molecule has 2 rings (SSSR count). The van der Waals surface area contributed by atoms with Crippen molar-refractivity contribution >= 4 is 15.9 Å². The van der Waals surface area contributed by atoms with Crippen LogP contribution in [-0.2, 0) is 6.54 Å². The van der Waals surface area contributed by atoms with E-state index in [1.807, 2.05) is 16.9 Å². The van der Waals surface area contributed by atoms with Gasteiger partial charge in [0.15, 0.2) is 0 Å². The fourth-order valence-electron chi connectivity index (χ4n) is 1.70. The maximum absolute atomic E-state index is 4.58. The molecule has 1 aromatic carbocycles. The summed E-state index contributed by atoms with van der Waals surface area (Å²) in [5, 5.41) is 7.94. The summed E-state index contributed by atoms with van der Waals surface area (Å²) in [4.78, 5) is 0. The predicted molar refractivity (Wildman–Crippen MR) is 78.0 cm³/mol. The molecular weight excluding hydrogens is 290 g/mol. The summed E-state index contributed by atoms with van der Waals surface area (Å²) in [5.74, 6) is 0. The van der Waals surface area contributed by atoms with Crippen LogP contribution in [0.1, 0.15) is 25.1 Å². The zero-order chi connectivity index (χ0) is 13.1. The number of nitrogens with one attached hydrogen (secondary N) is 1. The largest absolute Gasteiger partial charge is 0.309 e. The normalized spacial score (nSPS) is 11.2. The average molecular weight is 308 g/mol. The molecule has 18 heavy (non-hydrogen) atoms. The van der Waals surface area contributed by atoms with Crippen LogP contribution in [0.15, 0.2) is 34.9 Å². The van der Waals surface area contributed by atoms with Gasteiger partial charge in [-0.1, -0.05) is 19.9 Å². The van der Waals surface area contributed by atoms with Crippen LogP contribution >= 0.6 is 15.9 Å². The summed E-state index contributed by atoms with van der Waals surface area (Å²) in [7, 11) is 0. The highest BCUT2D eigenvalue weighted by Gasteiger charge is 2.05. The number of nitrogens with zero attached hydrogens (tertiary/aromatic N) is 2. The predicted octanol–water partition coefficient (Wildman–Crippen LogP) is 3.44. The summed E-state index contributed by atoms with van der Waals surface area (Å²) in [5.41, 5.74) is 3.36. The van der Waals surface area contributed by atoms with Crippen LogP contribution in [-0.4, -0.2) is 15.8 Å². The summed E-state index contributed by atoms with van der Waals surface area (Å²) >= 11 is 3.56. The molecule has 0 atom stereocenters. The van der Waals surface area contributed by atoms with Crippen molar-refractivity contribution in [2.24, 2.45) is 0 Å². The molecule has 0 spiro atoms. The van der Waals surface area contributed by atoms with Gasteiger partial charge in [-0.2, -0.15) is 5.10 Å². The molecule has 4 heteroatoms. The molecule has 1 heterocycles. The van der Waals surface area contributed by atoms with Gasteiger partial charge in [0.1, 0.15) is 0 Å². The van der Waals surface area contributed by atoms with Gasteiger partial charge in [0, 0.05) is 23.3 Å². The van der Waals surface area contributed by atoms with E-state index in [-0.39, 0.29) is 0 Å². The monoisotopic (exact) mass is 307 g/mol. The number of aromatic nitrogens is 2. The lowest BCUT2D eigenvalue weighted by atomic mass is 10.2. The molecule has 96 valence electrons. The van der Waals surface area contributed by atoms with E-state index in [1.54, 1.807) is 0 Å². The third-order valence-corrected chi connectivity index (χ3v) is 3.35. The molecule has 0 amide bonds. The molecule has 0 fully saturated rings. The van der Waals surface area contributed by atoms with Gasteiger partial charge in [0.25, 0.3) is 0 Å². The first-order valence-corrected chi connectivity index (χ1v) is 6.90. The zero-order valence-electron chi connectivity index (χ0n) is 10.9. The van der Waals surface area contributed by atoms with Gasteiger partial charge in [0.05, 0.1) is 11.4 Å². The van der Waals surface area contributed by atoms with Crippen molar-refractivity contribution in [3.63, 3.8) is 0 Å². The SMILES string of the molecule is Cc1ccc(Br)c(-n2ccc(CNC(C)C)n2)c1. The quantitative estimate of drug-likeness (QED) is 0.937. The lowest BCUT2D eigenvalue weighted by Crippen LogP contribution is -2.22. The minimum absolute atomic E-state index is 0.473. The summed E-state index contributed by atoms with van der Waals surface area (Å²) in [6.45, 7) is 7.15. The first-order chi connectivity index (χ1) is 8.56. The van der Waals surface area contributed by atoms with Crippen LogP contribution < -0.4 is 5.32 Å². The Bertz CT molecular complexity index is 532. The second-order valence-corrected chi connectivity index (χ2v) is 5.60. The average Bonchev–Trinajstić information content (AvgIpc) is 2.78. The standard InChI is InChI=1S/C14H18BrN3/c1-10(2)16-9-12-6-7-18(17-12)14-8-11(3)4-5-13(14)15/h4-8,10,16H,9H2,1-3H3. The smallest absolute Gasteiger partial charge is 0.0790 e. The molecule has 2 aromatic rings. The molecule has 1 aromatic heterocycles. The van der Waals surface area contributed by atoms with Crippen molar-refractivity contribution < 1.29 is 0 Å². The van der Waals surface area contributed by atoms with E-state index in [2.05, 4.69) is 65.3 Å². The topological polar surface area (TPSA) is 29.9 Å². The first-order valence-electron chi connectivity index (χ1n) is 6.10. The Hall–Kier alpha value is -1.13. The lowest BCUT2D eigenvalue weighted by molar-refractivity contribution is 0.578. The highest BCUT2D eigenvalue weighted by Crippen LogP contribution is 2.21. The molecule has 0 saturated heterocycles. The molecule has 0 aliphatic heterocycles. The maximum atomic E-state index is 4.58. The third kappa shape index (κ3) is 3.21. The number of benzene rings is 1. The van der Waals surface area contributed by atoms with Gasteiger partial charge in [-0.3, -0.25) is 0 Å². The Morgan fingerprint density at radius 1 is 1.33 bits per heavy atom. The summed E-state index contributed by atoms with van der Waals surface area (Å²) in [6.07, 6.45) is 2.00. The van der Waals surface area contributed by atoms with Crippen molar-refractivity contribution in [1.82, 2.24) is 15.1 Å². The molecule has 0 aliphatic carbocycles. The minimum atomic E-state index is 0.473. The lowest BCUT2D eigenvalue weighted by Gasteiger charge is -2.07. The van der Waals surface area contributed by atoms with Gasteiger partial charge in [-0.05, 0) is 46.6 Å². The molecule has 0 aliphatic rings. The number of aryl methyl sites for hydroxylation is 1. The van der Waals surface area contributed by atoms with Crippen LogP contribution in [0.3, 0.4) is 0 Å². The van der Waals surface area contributed by atoms with Crippen molar-refractivity contribution in [2.75, 3.05) is 0 Å². The Morgan fingerprint density at radius 3 is 2.83 bits per heavy atom. The highest BCUT2D eigenvalue weighted by molar-refractivity contribution is 9.10. The molecule has 1 N–H and O–H groups in total. The molecule has 0 radical (unpaired) electrons. The Labute approximate surface area is 116 Å². The molecular formula is C14H18BrN3. The van der Waals surface area contributed by atoms with E-state index in [1.165, 1.54) is 5.56 Å². The van der Waals surface area contributed by atoms with Crippen LogP contribution in [0.2, 0.25) is 0 Å². The van der Waals surface area contributed by atoms with Gasteiger partial charge >= 0.3 is 0 Å². The Balaban J connectivity index is 2.21. The van der Waals surface area contributed by atoms with E-state index in [0.29, 0.717) is 6.04 Å². The zero-order valence-corrected chi connectivity index (χ0v) is 12.5. The van der Waals surface area contributed by atoms with E-state index < -0.39 is 0 Å². The van der Waals surface area contributed by atoms with Gasteiger partial charge in [0.2, 0.25) is 0 Å². The maximum Gasteiger partial charge on any atom is 0.0790 e. The van der Waals surface area contributed by atoms with Crippen molar-refractivity contribution in [3.05, 3.63) is 46.2 Å². The third-order valence-electron chi connectivity index (χ3n) is 2.68. The van der Waals surface area contributed by atoms with E-state index in [0.717, 1.165) is 22.4 Å². The van der Waals surface area contributed by atoms with E-state index in [9.17, 15) is 0 Å². The highest BCUT2D eigenvalue weighted by atomic mass is 79.9. The van der Waals surface area contributed by atoms with E-state index >= 15 is 0 Å². The Kier molecular flexibility index (Phi) is 4.19. The van der Waals surface area contributed by atoms with Gasteiger partial charge in [-0.25, -0.2) is 4.68 Å². The van der Waals surface area contributed by atoms with Crippen LogP contribution in [0.5, 0.6) is 0 Å². The molecule has 0 saturated carbocycles. The fourth-order valence-corrected chi connectivity index (χ4v) is 2.13. The molecule has 3 nitrogen and oxygen atoms in total. The van der Waals surface area contributed by atoms with Crippen LogP contribution in [0.25, 0.3) is 5.69 Å². The minimum Gasteiger partial charge on any atom is -0.309 e. The number of halogens is 1. The van der Waals surface area contributed by atoms with Crippen LogP contribution in [0, 0.1) is 6.92 Å². The van der Waals surface area contributed by atoms with Gasteiger partial charge in [-0.15, -0.1) is 0 Å². The number of rotatable bonds is 4. The molecule has 0 unspecified atom stereocenters.